The van der Waals surface area contributed by atoms with Crippen LogP contribution in [0.3, 0.4) is 0 Å². The van der Waals surface area contributed by atoms with Crippen LogP contribution < -0.4 is 5.32 Å². The van der Waals surface area contributed by atoms with Crippen molar-refractivity contribution >= 4 is 5.91 Å². The molecule has 3 nitrogen and oxygen atoms in total. The molecule has 1 heterocycles. The third-order valence-corrected chi connectivity index (χ3v) is 3.38. The summed E-state index contributed by atoms with van der Waals surface area (Å²) in [6, 6.07) is 11.0. The van der Waals surface area contributed by atoms with Crippen LogP contribution in [0.4, 0.5) is 0 Å². The molecular formula is C15H22N2O. The van der Waals surface area contributed by atoms with Gasteiger partial charge in [-0.25, -0.2) is 0 Å². The van der Waals surface area contributed by atoms with Gasteiger partial charge in [-0.3, -0.25) is 4.79 Å². The van der Waals surface area contributed by atoms with Crippen molar-refractivity contribution in [2.75, 3.05) is 13.1 Å². The minimum Gasteiger partial charge on any atom is -0.340 e. The minimum atomic E-state index is 0.277. The molecule has 1 aromatic rings. The van der Waals surface area contributed by atoms with Gasteiger partial charge in [0.05, 0.1) is 0 Å². The van der Waals surface area contributed by atoms with Crippen LogP contribution in [-0.2, 0) is 11.2 Å². The highest BCUT2D eigenvalue weighted by molar-refractivity contribution is 5.76. The molecule has 3 heteroatoms. The first-order chi connectivity index (χ1) is 8.65. The molecule has 2 rings (SSSR count). The highest BCUT2D eigenvalue weighted by Gasteiger charge is 2.24. The molecule has 1 N–H and O–H groups in total. The Morgan fingerprint density at radius 2 is 1.83 bits per heavy atom. The number of aryl methyl sites for hydroxylation is 1. The SMILES string of the molecule is CC1CN(C(=O)CCc2ccccc2)CC(C)N1. The van der Waals surface area contributed by atoms with Gasteiger partial charge >= 0.3 is 0 Å². The van der Waals surface area contributed by atoms with Crippen molar-refractivity contribution in [2.24, 2.45) is 0 Å². The number of carbonyl (C=O) groups is 1. The molecule has 18 heavy (non-hydrogen) atoms. The summed E-state index contributed by atoms with van der Waals surface area (Å²) in [5.74, 6) is 0.277. The Labute approximate surface area is 109 Å². The second-order valence-corrected chi connectivity index (χ2v) is 5.25. The lowest BCUT2D eigenvalue weighted by atomic mass is 10.1. The Bertz CT molecular complexity index is 381. The molecule has 1 amide bonds. The van der Waals surface area contributed by atoms with E-state index in [4.69, 9.17) is 0 Å². The lowest BCUT2D eigenvalue weighted by Crippen LogP contribution is -2.55. The van der Waals surface area contributed by atoms with Gasteiger partial charge < -0.3 is 10.2 Å². The Morgan fingerprint density at radius 1 is 1.22 bits per heavy atom. The van der Waals surface area contributed by atoms with Crippen LogP contribution in [0.2, 0.25) is 0 Å². The smallest absolute Gasteiger partial charge is 0.223 e. The van der Waals surface area contributed by atoms with E-state index in [0.717, 1.165) is 19.5 Å². The summed E-state index contributed by atoms with van der Waals surface area (Å²) in [6.45, 7) is 5.93. The molecule has 0 aromatic heterocycles. The van der Waals surface area contributed by atoms with Gasteiger partial charge in [0.1, 0.15) is 0 Å². The Kier molecular flexibility index (Phi) is 4.37. The number of piperazine rings is 1. The first-order valence-electron chi connectivity index (χ1n) is 6.73. The van der Waals surface area contributed by atoms with E-state index in [1.807, 2.05) is 23.1 Å². The second kappa shape index (κ2) is 6.01. The van der Waals surface area contributed by atoms with E-state index in [9.17, 15) is 4.79 Å². The monoisotopic (exact) mass is 246 g/mol. The molecule has 0 bridgehead atoms. The van der Waals surface area contributed by atoms with Crippen LogP contribution in [0, 0.1) is 0 Å². The molecule has 1 fully saturated rings. The number of nitrogens with zero attached hydrogens (tertiary/aromatic N) is 1. The number of hydrogen-bond acceptors (Lipinski definition) is 2. The topological polar surface area (TPSA) is 32.3 Å². The van der Waals surface area contributed by atoms with E-state index >= 15 is 0 Å². The lowest BCUT2D eigenvalue weighted by molar-refractivity contribution is -0.132. The van der Waals surface area contributed by atoms with Gasteiger partial charge in [0.15, 0.2) is 0 Å². The van der Waals surface area contributed by atoms with Gasteiger partial charge in [-0.05, 0) is 25.8 Å². The molecule has 0 radical (unpaired) electrons. The number of benzene rings is 1. The van der Waals surface area contributed by atoms with Crippen LogP contribution >= 0.6 is 0 Å². The summed E-state index contributed by atoms with van der Waals surface area (Å²) in [6.07, 6.45) is 1.45. The molecule has 1 aromatic carbocycles. The van der Waals surface area contributed by atoms with E-state index in [1.165, 1.54) is 5.56 Å². The van der Waals surface area contributed by atoms with Crippen molar-refractivity contribution in [1.82, 2.24) is 10.2 Å². The Morgan fingerprint density at radius 3 is 2.44 bits per heavy atom. The third kappa shape index (κ3) is 3.57. The molecule has 0 aliphatic carbocycles. The molecule has 98 valence electrons. The van der Waals surface area contributed by atoms with Crippen molar-refractivity contribution in [3.8, 4) is 0 Å². The Balaban J connectivity index is 1.84. The van der Waals surface area contributed by atoms with Crippen molar-refractivity contribution < 1.29 is 4.79 Å². The van der Waals surface area contributed by atoms with Gasteiger partial charge in [-0.15, -0.1) is 0 Å². The summed E-state index contributed by atoms with van der Waals surface area (Å²) in [7, 11) is 0. The van der Waals surface area contributed by atoms with Crippen LogP contribution in [0.5, 0.6) is 0 Å². The fourth-order valence-corrected chi connectivity index (χ4v) is 2.58. The van der Waals surface area contributed by atoms with E-state index in [1.54, 1.807) is 0 Å². The summed E-state index contributed by atoms with van der Waals surface area (Å²) in [4.78, 5) is 14.2. The fraction of sp³-hybridized carbons (Fsp3) is 0.533. The number of nitrogens with one attached hydrogen (secondary N) is 1. The molecule has 2 unspecified atom stereocenters. The average molecular weight is 246 g/mol. The van der Waals surface area contributed by atoms with Crippen LogP contribution in [0.1, 0.15) is 25.8 Å². The van der Waals surface area contributed by atoms with E-state index in [0.29, 0.717) is 18.5 Å². The fourth-order valence-electron chi connectivity index (χ4n) is 2.58. The van der Waals surface area contributed by atoms with Gasteiger partial charge in [0, 0.05) is 31.6 Å². The van der Waals surface area contributed by atoms with Crippen molar-refractivity contribution in [3.05, 3.63) is 35.9 Å². The number of hydrogen-bond donors (Lipinski definition) is 1. The average Bonchev–Trinajstić information content (AvgIpc) is 2.36. The maximum absolute atomic E-state index is 12.2. The quantitative estimate of drug-likeness (QED) is 0.882. The maximum atomic E-state index is 12.2. The predicted octanol–water partition coefficient (Wildman–Crippen LogP) is 1.83. The summed E-state index contributed by atoms with van der Waals surface area (Å²) < 4.78 is 0. The maximum Gasteiger partial charge on any atom is 0.223 e. The molecular weight excluding hydrogens is 224 g/mol. The number of amides is 1. The molecule has 0 spiro atoms. The minimum absolute atomic E-state index is 0.277. The van der Waals surface area contributed by atoms with E-state index < -0.39 is 0 Å². The normalized spacial score (nSPS) is 24.0. The van der Waals surface area contributed by atoms with E-state index in [2.05, 4.69) is 31.3 Å². The summed E-state index contributed by atoms with van der Waals surface area (Å²) in [5, 5.41) is 3.44. The Hall–Kier alpha value is -1.35. The summed E-state index contributed by atoms with van der Waals surface area (Å²) in [5.41, 5.74) is 1.24. The van der Waals surface area contributed by atoms with Crippen LogP contribution in [0.25, 0.3) is 0 Å². The highest BCUT2D eigenvalue weighted by atomic mass is 16.2. The summed E-state index contributed by atoms with van der Waals surface area (Å²) >= 11 is 0. The van der Waals surface area contributed by atoms with Gasteiger partial charge in [-0.2, -0.15) is 0 Å². The van der Waals surface area contributed by atoms with Crippen LogP contribution in [-0.4, -0.2) is 36.0 Å². The van der Waals surface area contributed by atoms with Gasteiger partial charge in [-0.1, -0.05) is 30.3 Å². The lowest BCUT2D eigenvalue weighted by Gasteiger charge is -2.36. The zero-order valence-electron chi connectivity index (χ0n) is 11.2. The predicted molar refractivity (Wildman–Crippen MR) is 73.4 cm³/mol. The molecule has 1 saturated heterocycles. The zero-order valence-corrected chi connectivity index (χ0v) is 11.2. The zero-order chi connectivity index (χ0) is 13.0. The van der Waals surface area contributed by atoms with Crippen LogP contribution in [0.15, 0.2) is 30.3 Å². The largest absolute Gasteiger partial charge is 0.340 e. The first-order valence-corrected chi connectivity index (χ1v) is 6.73. The molecule has 1 aliphatic heterocycles. The second-order valence-electron chi connectivity index (χ2n) is 5.25. The van der Waals surface area contributed by atoms with Crippen molar-refractivity contribution in [3.63, 3.8) is 0 Å². The number of carbonyl (C=O) groups excluding carboxylic acids is 1. The third-order valence-electron chi connectivity index (χ3n) is 3.38. The standard InChI is InChI=1S/C15H22N2O/c1-12-10-17(11-13(2)16-12)15(18)9-8-14-6-4-3-5-7-14/h3-7,12-13,16H,8-11H2,1-2H3. The molecule has 1 aliphatic rings. The van der Waals surface area contributed by atoms with Crippen molar-refractivity contribution in [1.29, 1.82) is 0 Å². The molecule has 0 saturated carbocycles. The molecule has 2 atom stereocenters. The number of rotatable bonds is 3. The van der Waals surface area contributed by atoms with Gasteiger partial charge in [0.2, 0.25) is 5.91 Å². The van der Waals surface area contributed by atoms with E-state index in [-0.39, 0.29) is 5.91 Å². The van der Waals surface area contributed by atoms with Gasteiger partial charge in [0.25, 0.3) is 0 Å². The highest BCUT2D eigenvalue weighted by Crippen LogP contribution is 2.09. The van der Waals surface area contributed by atoms with Crippen molar-refractivity contribution in [2.45, 2.75) is 38.8 Å². The first kappa shape index (κ1) is 13.1.